The molecular formula is C14H15N5O2. The van der Waals surface area contributed by atoms with Gasteiger partial charge >= 0.3 is 5.69 Å². The largest absolute Gasteiger partial charge is 0.494 e. The lowest BCUT2D eigenvalue weighted by Gasteiger charge is -2.07. The number of benzene rings is 1. The average Bonchev–Trinajstić information content (AvgIpc) is 2.89. The molecule has 21 heavy (non-hydrogen) atoms. The van der Waals surface area contributed by atoms with Gasteiger partial charge in [0.1, 0.15) is 17.9 Å². The molecule has 108 valence electrons. The molecule has 0 spiro atoms. The molecule has 0 saturated carbocycles. The van der Waals surface area contributed by atoms with E-state index in [0.717, 1.165) is 18.7 Å². The second kappa shape index (κ2) is 6.08. The summed E-state index contributed by atoms with van der Waals surface area (Å²) >= 11 is 0. The van der Waals surface area contributed by atoms with Crippen LogP contribution in [0.5, 0.6) is 5.75 Å². The lowest BCUT2D eigenvalue weighted by atomic mass is 10.3. The predicted octanol–water partition coefficient (Wildman–Crippen LogP) is 1.30. The molecule has 3 rings (SSSR count). The van der Waals surface area contributed by atoms with E-state index in [1.807, 2.05) is 30.3 Å². The monoisotopic (exact) mass is 285 g/mol. The number of hydrogen-bond acceptors (Lipinski definition) is 5. The number of rotatable bonds is 6. The Hall–Kier alpha value is -2.83. The van der Waals surface area contributed by atoms with E-state index in [4.69, 9.17) is 4.74 Å². The van der Waals surface area contributed by atoms with Gasteiger partial charge in [-0.1, -0.05) is 18.2 Å². The van der Waals surface area contributed by atoms with E-state index >= 15 is 0 Å². The van der Waals surface area contributed by atoms with Crippen LogP contribution in [0, 0.1) is 0 Å². The van der Waals surface area contributed by atoms with Crippen molar-refractivity contribution in [3.05, 3.63) is 53.2 Å². The Morgan fingerprint density at radius 1 is 1.29 bits per heavy atom. The van der Waals surface area contributed by atoms with Crippen molar-refractivity contribution >= 4 is 11.5 Å². The van der Waals surface area contributed by atoms with Crippen molar-refractivity contribution in [1.82, 2.24) is 19.6 Å². The van der Waals surface area contributed by atoms with Gasteiger partial charge in [-0.25, -0.2) is 19.3 Å². The number of nitrogens with zero attached hydrogens (tertiary/aromatic N) is 3. The fraction of sp³-hybridized carbons (Fsp3) is 0.214. The van der Waals surface area contributed by atoms with E-state index in [1.165, 1.54) is 10.7 Å². The Morgan fingerprint density at radius 3 is 3.00 bits per heavy atom. The number of nitrogens with one attached hydrogen (secondary N) is 2. The van der Waals surface area contributed by atoms with Gasteiger partial charge in [0, 0.05) is 12.6 Å². The van der Waals surface area contributed by atoms with E-state index in [2.05, 4.69) is 20.5 Å². The minimum Gasteiger partial charge on any atom is -0.494 e. The van der Waals surface area contributed by atoms with E-state index in [1.54, 1.807) is 6.07 Å². The molecule has 2 aromatic heterocycles. The van der Waals surface area contributed by atoms with Gasteiger partial charge in [0.2, 0.25) is 0 Å². The number of ether oxygens (including phenoxy) is 1. The zero-order chi connectivity index (χ0) is 14.5. The number of H-pyrrole nitrogens is 1. The highest BCUT2D eigenvalue weighted by Crippen LogP contribution is 2.08. The first kappa shape index (κ1) is 13.2. The smallest absolute Gasteiger partial charge is 0.348 e. The lowest BCUT2D eigenvalue weighted by Crippen LogP contribution is -2.11. The van der Waals surface area contributed by atoms with E-state index in [-0.39, 0.29) is 5.69 Å². The van der Waals surface area contributed by atoms with Crippen molar-refractivity contribution in [2.45, 2.75) is 6.42 Å². The number of aromatic nitrogens is 4. The standard InChI is InChI=1S/C14H15N5O2/c20-14-18-17-13-9-12(16-10-19(13)14)15-7-4-8-21-11-5-2-1-3-6-11/h1-3,5-6,9-10,15H,4,7-8H2,(H,18,20). The minimum atomic E-state index is -0.291. The molecule has 0 aliphatic carbocycles. The van der Waals surface area contributed by atoms with E-state index in [0.29, 0.717) is 18.1 Å². The number of aromatic amines is 1. The van der Waals surface area contributed by atoms with Crippen LogP contribution in [-0.4, -0.2) is 32.7 Å². The summed E-state index contributed by atoms with van der Waals surface area (Å²) in [4.78, 5) is 15.4. The van der Waals surface area contributed by atoms with Gasteiger partial charge in [-0.2, -0.15) is 5.10 Å². The topological polar surface area (TPSA) is 84.3 Å². The molecule has 2 N–H and O–H groups in total. The molecule has 0 fully saturated rings. The van der Waals surface area contributed by atoms with E-state index in [9.17, 15) is 4.79 Å². The minimum absolute atomic E-state index is 0.291. The van der Waals surface area contributed by atoms with Crippen LogP contribution in [-0.2, 0) is 0 Å². The quantitative estimate of drug-likeness (QED) is 0.667. The molecule has 0 aliphatic heterocycles. The lowest BCUT2D eigenvalue weighted by molar-refractivity contribution is 0.315. The van der Waals surface area contributed by atoms with Crippen molar-refractivity contribution in [3.63, 3.8) is 0 Å². The van der Waals surface area contributed by atoms with Crippen molar-refractivity contribution in [3.8, 4) is 5.75 Å². The molecule has 0 bridgehead atoms. The Kier molecular flexibility index (Phi) is 3.81. The third kappa shape index (κ3) is 3.19. The molecule has 7 nitrogen and oxygen atoms in total. The van der Waals surface area contributed by atoms with Crippen LogP contribution in [0.2, 0.25) is 0 Å². The molecule has 0 aliphatic rings. The summed E-state index contributed by atoms with van der Waals surface area (Å²) in [5, 5.41) is 9.42. The molecule has 0 radical (unpaired) electrons. The normalized spacial score (nSPS) is 10.7. The molecule has 1 aromatic carbocycles. The number of hydrogen-bond donors (Lipinski definition) is 2. The van der Waals surface area contributed by atoms with Crippen LogP contribution < -0.4 is 15.7 Å². The van der Waals surface area contributed by atoms with Gasteiger partial charge < -0.3 is 10.1 Å². The average molecular weight is 285 g/mol. The first-order valence-corrected chi connectivity index (χ1v) is 6.67. The van der Waals surface area contributed by atoms with Gasteiger partial charge in [-0.15, -0.1) is 0 Å². The molecule has 3 aromatic rings. The summed E-state index contributed by atoms with van der Waals surface area (Å²) in [5.41, 5.74) is 0.248. The highest BCUT2D eigenvalue weighted by molar-refractivity contribution is 5.48. The fourth-order valence-corrected chi connectivity index (χ4v) is 1.90. The van der Waals surface area contributed by atoms with Crippen molar-refractivity contribution in [2.24, 2.45) is 0 Å². The highest BCUT2D eigenvalue weighted by Gasteiger charge is 2.01. The molecule has 0 amide bonds. The summed E-state index contributed by atoms with van der Waals surface area (Å²) in [6, 6.07) is 11.4. The van der Waals surface area contributed by atoms with E-state index < -0.39 is 0 Å². The van der Waals surface area contributed by atoms with Gasteiger partial charge in [0.15, 0.2) is 5.65 Å². The summed E-state index contributed by atoms with van der Waals surface area (Å²) in [5.74, 6) is 1.55. The molecule has 2 heterocycles. The maximum Gasteiger partial charge on any atom is 0.348 e. The van der Waals surface area contributed by atoms with Crippen molar-refractivity contribution in [2.75, 3.05) is 18.5 Å². The van der Waals surface area contributed by atoms with Crippen molar-refractivity contribution in [1.29, 1.82) is 0 Å². The summed E-state index contributed by atoms with van der Waals surface area (Å²) in [7, 11) is 0. The summed E-state index contributed by atoms with van der Waals surface area (Å²) < 4.78 is 6.95. The second-order valence-electron chi connectivity index (χ2n) is 4.47. The molecule has 0 saturated heterocycles. The number of fused-ring (bicyclic) bond motifs is 1. The van der Waals surface area contributed by atoms with Gasteiger partial charge in [0.05, 0.1) is 6.61 Å². The van der Waals surface area contributed by atoms with Gasteiger partial charge in [-0.05, 0) is 18.6 Å². The summed E-state index contributed by atoms with van der Waals surface area (Å²) in [6.45, 7) is 1.35. The molecule has 7 heteroatoms. The van der Waals surface area contributed by atoms with Crippen LogP contribution in [0.1, 0.15) is 6.42 Å². The predicted molar refractivity (Wildman–Crippen MR) is 78.7 cm³/mol. The number of para-hydroxylation sites is 1. The van der Waals surface area contributed by atoms with Gasteiger partial charge in [0.25, 0.3) is 0 Å². The van der Waals surface area contributed by atoms with Crippen LogP contribution in [0.3, 0.4) is 0 Å². The maximum absolute atomic E-state index is 11.3. The Morgan fingerprint density at radius 2 is 2.14 bits per heavy atom. The van der Waals surface area contributed by atoms with Crippen molar-refractivity contribution < 1.29 is 4.74 Å². The molecule has 0 atom stereocenters. The molecular weight excluding hydrogens is 270 g/mol. The van der Waals surface area contributed by atoms with Gasteiger partial charge in [-0.3, -0.25) is 0 Å². The van der Waals surface area contributed by atoms with Crippen LogP contribution in [0.4, 0.5) is 5.82 Å². The zero-order valence-corrected chi connectivity index (χ0v) is 11.3. The molecule has 0 unspecified atom stereocenters. The SMILES string of the molecule is O=c1[nH]nc2cc(NCCCOc3ccccc3)ncn12. The maximum atomic E-state index is 11.3. The van der Waals surface area contributed by atoms with Crippen LogP contribution >= 0.6 is 0 Å². The third-order valence-electron chi connectivity index (χ3n) is 2.95. The Bertz CT molecular complexity index is 766. The third-order valence-corrected chi connectivity index (χ3v) is 2.95. The highest BCUT2D eigenvalue weighted by atomic mass is 16.5. The second-order valence-corrected chi connectivity index (χ2v) is 4.47. The Balaban J connectivity index is 1.47. The Labute approximate surface area is 120 Å². The summed E-state index contributed by atoms with van der Waals surface area (Å²) in [6.07, 6.45) is 2.29. The number of anilines is 1. The van der Waals surface area contributed by atoms with Crippen LogP contribution in [0.25, 0.3) is 5.65 Å². The zero-order valence-electron chi connectivity index (χ0n) is 11.3. The first-order valence-electron chi connectivity index (χ1n) is 6.67. The van der Waals surface area contributed by atoms with Crippen LogP contribution in [0.15, 0.2) is 47.5 Å². The fourth-order valence-electron chi connectivity index (χ4n) is 1.90. The first-order chi connectivity index (χ1) is 10.3.